The zero-order chi connectivity index (χ0) is 16.9. The molecule has 0 aliphatic heterocycles. The summed E-state index contributed by atoms with van der Waals surface area (Å²) in [5, 5.41) is 5.56. The summed E-state index contributed by atoms with van der Waals surface area (Å²) in [6.45, 7) is 8.20. The lowest BCUT2D eigenvalue weighted by Gasteiger charge is -2.11. The second kappa shape index (κ2) is 7.10. The summed E-state index contributed by atoms with van der Waals surface area (Å²) in [7, 11) is 0. The van der Waals surface area contributed by atoms with Crippen LogP contribution < -0.4 is 0 Å². The predicted octanol–water partition coefficient (Wildman–Crippen LogP) is 4.52. The molecule has 24 heavy (non-hydrogen) atoms. The summed E-state index contributed by atoms with van der Waals surface area (Å²) in [6, 6.07) is 9.54. The molecule has 0 saturated carbocycles. The van der Waals surface area contributed by atoms with Crippen LogP contribution in [-0.4, -0.2) is 19.7 Å². The van der Waals surface area contributed by atoms with Gasteiger partial charge in [0.15, 0.2) is 0 Å². The molecule has 5 heteroatoms. The SMILES string of the molecule is C=C/C=C\C(=C)Cn1nc(-c2ccccn2)c2ncccc2c1=S. The molecule has 0 N–H and O–H groups in total. The van der Waals surface area contributed by atoms with Gasteiger partial charge in [-0.2, -0.15) is 5.10 Å². The van der Waals surface area contributed by atoms with E-state index in [0.717, 1.165) is 22.2 Å². The van der Waals surface area contributed by atoms with Gasteiger partial charge in [0.1, 0.15) is 15.9 Å². The van der Waals surface area contributed by atoms with Gasteiger partial charge in [-0.25, -0.2) is 4.68 Å². The number of rotatable bonds is 5. The summed E-state index contributed by atoms with van der Waals surface area (Å²) in [5.41, 5.74) is 3.11. The lowest BCUT2D eigenvalue weighted by molar-refractivity contribution is 0.665. The maximum absolute atomic E-state index is 5.59. The van der Waals surface area contributed by atoms with Crippen molar-refractivity contribution in [1.29, 1.82) is 0 Å². The Balaban J connectivity index is 2.19. The van der Waals surface area contributed by atoms with Gasteiger partial charge in [0.2, 0.25) is 0 Å². The fourth-order valence-corrected chi connectivity index (χ4v) is 2.62. The van der Waals surface area contributed by atoms with E-state index in [1.165, 1.54) is 0 Å². The maximum Gasteiger partial charge on any atom is 0.136 e. The number of pyridine rings is 2. The standard InChI is InChI=1S/C19H16N4S/c1-3-4-8-14(2)13-23-19(24)15-9-7-12-21-17(15)18(22-23)16-10-5-6-11-20-16/h3-12H,1-2,13H2/b8-4-. The Morgan fingerprint density at radius 3 is 2.75 bits per heavy atom. The molecular formula is C19H16N4S. The summed E-state index contributed by atoms with van der Waals surface area (Å²) in [6.07, 6.45) is 8.92. The number of hydrogen-bond donors (Lipinski definition) is 0. The normalized spacial score (nSPS) is 11.0. The van der Waals surface area contributed by atoms with Crippen LogP contribution in [0.4, 0.5) is 0 Å². The van der Waals surface area contributed by atoms with E-state index >= 15 is 0 Å². The van der Waals surface area contributed by atoms with Gasteiger partial charge in [-0.05, 0) is 29.8 Å². The van der Waals surface area contributed by atoms with Gasteiger partial charge >= 0.3 is 0 Å². The molecule has 0 atom stereocenters. The van der Waals surface area contributed by atoms with E-state index in [1.807, 2.05) is 42.5 Å². The Morgan fingerprint density at radius 1 is 1.17 bits per heavy atom. The Morgan fingerprint density at radius 2 is 2.00 bits per heavy atom. The summed E-state index contributed by atoms with van der Waals surface area (Å²) in [4.78, 5) is 8.86. The third-order valence-corrected chi connectivity index (χ3v) is 3.88. The van der Waals surface area contributed by atoms with E-state index in [-0.39, 0.29) is 0 Å². The zero-order valence-corrected chi connectivity index (χ0v) is 13.9. The summed E-state index contributed by atoms with van der Waals surface area (Å²) < 4.78 is 2.39. The molecule has 3 rings (SSSR count). The number of allylic oxidation sites excluding steroid dienone is 4. The van der Waals surface area contributed by atoms with Gasteiger partial charge < -0.3 is 0 Å². The topological polar surface area (TPSA) is 43.6 Å². The molecule has 0 fully saturated rings. The Bertz CT molecular complexity index is 987. The van der Waals surface area contributed by atoms with Gasteiger partial charge in [0, 0.05) is 17.8 Å². The minimum atomic E-state index is 0.494. The third kappa shape index (κ3) is 3.21. The highest BCUT2D eigenvalue weighted by atomic mass is 32.1. The number of nitrogens with zero attached hydrogens (tertiary/aromatic N) is 4. The van der Waals surface area contributed by atoms with E-state index in [9.17, 15) is 0 Å². The second-order valence-electron chi connectivity index (χ2n) is 5.18. The summed E-state index contributed by atoms with van der Waals surface area (Å²) in [5.74, 6) is 0. The van der Waals surface area contributed by atoms with E-state index < -0.39 is 0 Å². The second-order valence-corrected chi connectivity index (χ2v) is 5.57. The molecule has 3 aromatic rings. The van der Waals surface area contributed by atoms with Gasteiger partial charge in [-0.15, -0.1) is 0 Å². The van der Waals surface area contributed by atoms with Crippen LogP contribution in [0.3, 0.4) is 0 Å². The molecule has 0 saturated heterocycles. The molecule has 0 aliphatic rings. The zero-order valence-electron chi connectivity index (χ0n) is 13.1. The van der Waals surface area contributed by atoms with Crippen LogP contribution in [0, 0.1) is 4.64 Å². The molecule has 3 aromatic heterocycles. The first-order valence-electron chi connectivity index (χ1n) is 7.45. The van der Waals surface area contributed by atoms with Crippen LogP contribution in [-0.2, 0) is 6.54 Å². The quantitative estimate of drug-likeness (QED) is 0.509. The monoisotopic (exact) mass is 332 g/mol. The van der Waals surface area contributed by atoms with Crippen molar-refractivity contribution in [3.63, 3.8) is 0 Å². The number of aromatic nitrogens is 4. The fraction of sp³-hybridized carbons (Fsp3) is 0.0526. The average Bonchev–Trinajstić information content (AvgIpc) is 2.63. The van der Waals surface area contributed by atoms with Crippen molar-refractivity contribution >= 4 is 23.1 Å². The Labute approximate surface area is 145 Å². The van der Waals surface area contributed by atoms with Crippen molar-refractivity contribution in [2.24, 2.45) is 0 Å². The molecule has 0 spiro atoms. The van der Waals surface area contributed by atoms with Gasteiger partial charge in [-0.1, -0.05) is 49.7 Å². The molecule has 0 unspecified atom stereocenters. The first-order valence-corrected chi connectivity index (χ1v) is 7.85. The highest BCUT2D eigenvalue weighted by Gasteiger charge is 2.12. The van der Waals surface area contributed by atoms with Crippen molar-refractivity contribution in [2.45, 2.75) is 6.54 Å². The molecule has 3 heterocycles. The molecular weight excluding hydrogens is 316 g/mol. The lowest BCUT2D eigenvalue weighted by atomic mass is 10.2. The third-order valence-electron chi connectivity index (χ3n) is 3.45. The molecule has 0 radical (unpaired) electrons. The minimum absolute atomic E-state index is 0.494. The molecule has 0 amide bonds. The molecule has 4 nitrogen and oxygen atoms in total. The van der Waals surface area contributed by atoms with E-state index in [1.54, 1.807) is 23.2 Å². The Hall–Kier alpha value is -2.92. The Kier molecular flexibility index (Phi) is 4.72. The first-order chi connectivity index (χ1) is 11.7. The highest BCUT2D eigenvalue weighted by Crippen LogP contribution is 2.24. The molecule has 118 valence electrons. The minimum Gasteiger partial charge on any atom is -0.254 e. The maximum atomic E-state index is 5.59. The van der Waals surface area contributed by atoms with Crippen LogP contribution in [0.15, 0.2) is 79.7 Å². The van der Waals surface area contributed by atoms with Crippen LogP contribution in [0.1, 0.15) is 0 Å². The molecule has 0 bridgehead atoms. The van der Waals surface area contributed by atoms with Crippen molar-refractivity contribution in [1.82, 2.24) is 19.7 Å². The highest BCUT2D eigenvalue weighted by molar-refractivity contribution is 7.71. The largest absolute Gasteiger partial charge is 0.254 e. The predicted molar refractivity (Wildman–Crippen MR) is 100 cm³/mol. The van der Waals surface area contributed by atoms with E-state index in [2.05, 4.69) is 28.2 Å². The van der Waals surface area contributed by atoms with Crippen LogP contribution >= 0.6 is 12.2 Å². The molecule has 0 aliphatic carbocycles. The number of hydrogen-bond acceptors (Lipinski definition) is 4. The van der Waals surface area contributed by atoms with E-state index in [4.69, 9.17) is 12.2 Å². The van der Waals surface area contributed by atoms with Crippen molar-refractivity contribution in [2.75, 3.05) is 0 Å². The van der Waals surface area contributed by atoms with E-state index in [0.29, 0.717) is 16.9 Å². The van der Waals surface area contributed by atoms with Crippen LogP contribution in [0.25, 0.3) is 22.3 Å². The number of fused-ring (bicyclic) bond motifs is 1. The first kappa shape index (κ1) is 16.0. The lowest BCUT2D eigenvalue weighted by Crippen LogP contribution is -2.09. The van der Waals surface area contributed by atoms with Crippen molar-refractivity contribution < 1.29 is 0 Å². The van der Waals surface area contributed by atoms with Crippen molar-refractivity contribution in [3.05, 3.63) is 84.3 Å². The van der Waals surface area contributed by atoms with Crippen LogP contribution in [0.2, 0.25) is 0 Å². The average molecular weight is 332 g/mol. The molecule has 0 aromatic carbocycles. The van der Waals surface area contributed by atoms with Gasteiger partial charge in [0.25, 0.3) is 0 Å². The van der Waals surface area contributed by atoms with Gasteiger partial charge in [-0.3, -0.25) is 9.97 Å². The fourth-order valence-electron chi connectivity index (χ4n) is 2.35. The van der Waals surface area contributed by atoms with Gasteiger partial charge in [0.05, 0.1) is 12.2 Å². The summed E-state index contributed by atoms with van der Waals surface area (Å²) >= 11 is 5.59. The van der Waals surface area contributed by atoms with Crippen molar-refractivity contribution in [3.8, 4) is 11.4 Å². The smallest absolute Gasteiger partial charge is 0.136 e. The van der Waals surface area contributed by atoms with Crippen LogP contribution in [0.5, 0.6) is 0 Å².